The quantitative estimate of drug-likeness (QED) is 0.850. The minimum atomic E-state index is -0.573. The topological polar surface area (TPSA) is 91.8 Å². The van der Waals surface area contributed by atoms with E-state index in [-0.39, 0.29) is 12.2 Å². The molecule has 0 bridgehead atoms. The highest BCUT2D eigenvalue weighted by Gasteiger charge is 2.16. The summed E-state index contributed by atoms with van der Waals surface area (Å²) in [6, 6.07) is 8.18. The van der Waals surface area contributed by atoms with E-state index in [1.807, 2.05) is 0 Å². The molecule has 6 heteroatoms. The number of nitrogens with two attached hydrogens (primary N) is 1. The predicted octanol–water partition coefficient (Wildman–Crippen LogP) is 2.05. The van der Waals surface area contributed by atoms with Crippen LogP contribution < -0.4 is 10.5 Å². The summed E-state index contributed by atoms with van der Waals surface area (Å²) in [5.41, 5.74) is 5.90. The van der Waals surface area contributed by atoms with Crippen LogP contribution in [0.1, 0.15) is 32.2 Å². The molecule has 1 heterocycles. The Balaban J connectivity index is 2.14. The van der Waals surface area contributed by atoms with Crippen LogP contribution in [0.15, 0.2) is 34.7 Å². The molecule has 0 atom stereocenters. The van der Waals surface area contributed by atoms with Gasteiger partial charge in [-0.1, -0.05) is 12.1 Å². The average Bonchev–Trinajstić information content (AvgIpc) is 2.85. The number of amides is 1. The molecule has 0 saturated heterocycles. The van der Waals surface area contributed by atoms with Gasteiger partial charge in [-0.05, 0) is 25.1 Å². The lowest BCUT2D eigenvalue weighted by Crippen LogP contribution is -2.12. The molecule has 2 aromatic rings. The Morgan fingerprint density at radius 3 is 2.62 bits per heavy atom. The molecule has 1 aromatic carbocycles. The van der Waals surface area contributed by atoms with E-state index >= 15 is 0 Å². The number of hydrogen-bond donors (Lipinski definition) is 1. The zero-order chi connectivity index (χ0) is 15.4. The number of benzene rings is 1. The Hall–Kier alpha value is -2.76. The normalized spacial score (nSPS) is 10.2. The van der Waals surface area contributed by atoms with Crippen LogP contribution in [0.4, 0.5) is 0 Å². The molecule has 0 aliphatic rings. The van der Waals surface area contributed by atoms with Gasteiger partial charge in [-0.2, -0.15) is 0 Å². The first-order valence-electron chi connectivity index (χ1n) is 6.22. The fourth-order valence-electron chi connectivity index (χ4n) is 1.87. The van der Waals surface area contributed by atoms with Crippen LogP contribution in [0.3, 0.4) is 0 Å². The molecule has 21 heavy (non-hydrogen) atoms. The lowest BCUT2D eigenvalue weighted by atomic mass is 10.2. The van der Waals surface area contributed by atoms with Gasteiger partial charge in [-0.25, -0.2) is 4.79 Å². The van der Waals surface area contributed by atoms with Crippen molar-refractivity contribution in [3.8, 4) is 5.75 Å². The highest BCUT2D eigenvalue weighted by molar-refractivity contribution is 5.95. The van der Waals surface area contributed by atoms with E-state index < -0.39 is 11.9 Å². The van der Waals surface area contributed by atoms with Crippen molar-refractivity contribution < 1.29 is 23.5 Å². The number of ether oxygens (including phenoxy) is 2. The highest BCUT2D eigenvalue weighted by atomic mass is 16.5. The molecular formula is C15H15NO5. The van der Waals surface area contributed by atoms with Gasteiger partial charge in [-0.15, -0.1) is 0 Å². The third-order valence-electron chi connectivity index (χ3n) is 2.90. The van der Waals surface area contributed by atoms with E-state index in [4.69, 9.17) is 14.9 Å². The van der Waals surface area contributed by atoms with Gasteiger partial charge in [0.2, 0.25) is 0 Å². The van der Waals surface area contributed by atoms with Crippen LogP contribution in [0, 0.1) is 6.92 Å². The van der Waals surface area contributed by atoms with Gasteiger partial charge in [0, 0.05) is 0 Å². The molecule has 0 spiro atoms. The van der Waals surface area contributed by atoms with Crippen LogP contribution >= 0.6 is 0 Å². The van der Waals surface area contributed by atoms with Gasteiger partial charge in [0.1, 0.15) is 29.4 Å². The molecule has 2 rings (SSSR count). The molecule has 0 saturated carbocycles. The number of primary amides is 1. The van der Waals surface area contributed by atoms with Crippen molar-refractivity contribution in [1.82, 2.24) is 0 Å². The van der Waals surface area contributed by atoms with E-state index in [1.54, 1.807) is 37.3 Å². The molecule has 0 aliphatic carbocycles. The van der Waals surface area contributed by atoms with Gasteiger partial charge in [0.05, 0.1) is 12.7 Å². The molecule has 0 unspecified atom stereocenters. The summed E-state index contributed by atoms with van der Waals surface area (Å²) in [5, 5.41) is 0. The smallest absolute Gasteiger partial charge is 0.341 e. The summed E-state index contributed by atoms with van der Waals surface area (Å²) in [6.07, 6.45) is 0. The van der Waals surface area contributed by atoms with E-state index in [0.29, 0.717) is 22.8 Å². The molecule has 0 radical (unpaired) electrons. The fourth-order valence-corrected chi connectivity index (χ4v) is 1.87. The lowest BCUT2D eigenvalue weighted by Gasteiger charge is -2.07. The number of aryl methyl sites for hydroxylation is 1. The predicted molar refractivity (Wildman–Crippen MR) is 74.1 cm³/mol. The second kappa shape index (κ2) is 6.13. The molecule has 2 N–H and O–H groups in total. The maximum Gasteiger partial charge on any atom is 0.341 e. The maximum atomic E-state index is 11.5. The Morgan fingerprint density at radius 2 is 1.95 bits per heavy atom. The minimum absolute atomic E-state index is 0.0716. The van der Waals surface area contributed by atoms with Crippen molar-refractivity contribution in [2.24, 2.45) is 5.73 Å². The summed E-state index contributed by atoms with van der Waals surface area (Å²) in [5.74, 6) is 0.214. The van der Waals surface area contributed by atoms with Gasteiger partial charge in [-0.3, -0.25) is 4.79 Å². The van der Waals surface area contributed by atoms with E-state index in [2.05, 4.69) is 4.74 Å². The number of rotatable bonds is 5. The Kier molecular flexibility index (Phi) is 4.27. The SMILES string of the molecule is COC(=O)c1cc(COc2ccccc2C(N)=O)oc1C. The number of carbonyl (C=O) groups is 2. The van der Waals surface area contributed by atoms with Crippen LogP contribution in [0.5, 0.6) is 5.75 Å². The van der Waals surface area contributed by atoms with Crippen molar-refractivity contribution in [3.63, 3.8) is 0 Å². The summed E-state index contributed by atoms with van der Waals surface area (Å²) in [7, 11) is 1.30. The van der Waals surface area contributed by atoms with Crippen LogP contribution in [-0.4, -0.2) is 19.0 Å². The van der Waals surface area contributed by atoms with Crippen LogP contribution in [0.25, 0.3) is 0 Å². The van der Waals surface area contributed by atoms with Crippen molar-refractivity contribution in [2.45, 2.75) is 13.5 Å². The largest absolute Gasteiger partial charge is 0.485 e. The van der Waals surface area contributed by atoms with Crippen molar-refractivity contribution in [2.75, 3.05) is 7.11 Å². The van der Waals surface area contributed by atoms with Crippen LogP contribution in [-0.2, 0) is 11.3 Å². The summed E-state index contributed by atoms with van der Waals surface area (Å²) >= 11 is 0. The summed E-state index contributed by atoms with van der Waals surface area (Å²) < 4.78 is 15.6. The fraction of sp³-hybridized carbons (Fsp3) is 0.200. The summed E-state index contributed by atoms with van der Waals surface area (Å²) in [4.78, 5) is 22.8. The maximum absolute atomic E-state index is 11.5. The third kappa shape index (κ3) is 3.22. The van der Waals surface area contributed by atoms with Crippen molar-refractivity contribution >= 4 is 11.9 Å². The second-order valence-corrected chi connectivity index (χ2v) is 4.32. The van der Waals surface area contributed by atoms with Gasteiger partial charge >= 0.3 is 5.97 Å². The van der Waals surface area contributed by atoms with Gasteiger partial charge in [0.25, 0.3) is 5.91 Å². The van der Waals surface area contributed by atoms with Gasteiger partial charge in [0.15, 0.2) is 0 Å². The van der Waals surface area contributed by atoms with Gasteiger partial charge < -0.3 is 19.6 Å². The first-order valence-corrected chi connectivity index (χ1v) is 6.22. The van der Waals surface area contributed by atoms with Crippen molar-refractivity contribution in [1.29, 1.82) is 0 Å². The minimum Gasteiger partial charge on any atom is -0.485 e. The highest BCUT2D eigenvalue weighted by Crippen LogP contribution is 2.21. The Bertz CT molecular complexity index is 674. The lowest BCUT2D eigenvalue weighted by molar-refractivity contribution is 0.0598. The number of hydrogen-bond acceptors (Lipinski definition) is 5. The average molecular weight is 289 g/mol. The van der Waals surface area contributed by atoms with E-state index in [9.17, 15) is 9.59 Å². The molecule has 6 nitrogen and oxygen atoms in total. The second-order valence-electron chi connectivity index (χ2n) is 4.32. The standard InChI is InChI=1S/C15H15NO5/c1-9-12(15(18)19-2)7-10(21-9)8-20-13-6-4-3-5-11(13)14(16)17/h3-7H,8H2,1-2H3,(H2,16,17). The molecule has 110 valence electrons. The molecule has 1 aromatic heterocycles. The number of furan rings is 1. The Labute approximate surface area is 121 Å². The number of esters is 1. The van der Waals surface area contributed by atoms with Crippen LogP contribution in [0.2, 0.25) is 0 Å². The number of methoxy groups -OCH3 is 1. The zero-order valence-corrected chi connectivity index (χ0v) is 11.7. The molecule has 1 amide bonds. The monoisotopic (exact) mass is 289 g/mol. The van der Waals surface area contributed by atoms with E-state index in [1.165, 1.54) is 7.11 Å². The molecule has 0 fully saturated rings. The first-order chi connectivity index (χ1) is 10.0. The molecule has 0 aliphatic heterocycles. The Morgan fingerprint density at radius 1 is 1.24 bits per heavy atom. The zero-order valence-electron chi connectivity index (χ0n) is 11.7. The van der Waals surface area contributed by atoms with E-state index in [0.717, 1.165) is 0 Å². The summed E-state index contributed by atoms with van der Waals surface area (Å²) in [6.45, 7) is 1.73. The third-order valence-corrected chi connectivity index (χ3v) is 2.90. The first kappa shape index (κ1) is 14.6. The van der Waals surface area contributed by atoms with Crippen molar-refractivity contribution in [3.05, 3.63) is 53.0 Å². The number of para-hydroxylation sites is 1. The number of carbonyl (C=O) groups excluding carboxylic acids is 2. The molecular weight excluding hydrogens is 274 g/mol.